The van der Waals surface area contributed by atoms with E-state index in [1.807, 2.05) is 43.3 Å². The maximum absolute atomic E-state index is 12.9. The molecular weight excluding hydrogens is 424 g/mol. The van der Waals surface area contributed by atoms with Crippen LogP contribution in [0.3, 0.4) is 0 Å². The van der Waals surface area contributed by atoms with Crippen molar-refractivity contribution in [1.82, 2.24) is 9.55 Å². The van der Waals surface area contributed by atoms with E-state index in [0.29, 0.717) is 12.4 Å². The van der Waals surface area contributed by atoms with Gasteiger partial charge >= 0.3 is 6.61 Å². The van der Waals surface area contributed by atoms with Gasteiger partial charge in [-0.2, -0.15) is 8.78 Å². The summed E-state index contributed by atoms with van der Waals surface area (Å²) in [7, 11) is 0. The summed E-state index contributed by atoms with van der Waals surface area (Å²) in [4.78, 5) is 4.84. The zero-order chi connectivity index (χ0) is 22.9. The standard InChI is InChI=1S/C26H25F2N3O2/c1-3-32-24-14-18(11-12-23(24)33-25(27)28)22-15-20(17-8-6-7-16(2)13-17)30-26-29-19-9-4-5-10-21(19)31(22)26/h4-14,20,22,25H,3,15H2,1-2H3,(H,29,30)/t20-,22-/m0/s1. The monoisotopic (exact) mass is 449 g/mol. The zero-order valence-corrected chi connectivity index (χ0v) is 18.5. The Balaban J connectivity index is 1.63. The summed E-state index contributed by atoms with van der Waals surface area (Å²) in [5.74, 6) is 1.13. The third-order valence-electron chi connectivity index (χ3n) is 5.98. The third-order valence-corrected chi connectivity index (χ3v) is 5.98. The van der Waals surface area contributed by atoms with Crippen LogP contribution in [0.2, 0.25) is 0 Å². The largest absolute Gasteiger partial charge is 0.490 e. The molecule has 0 saturated carbocycles. The second kappa shape index (κ2) is 8.73. The lowest BCUT2D eigenvalue weighted by Gasteiger charge is -2.34. The number of benzene rings is 3. The van der Waals surface area contributed by atoms with Crippen molar-refractivity contribution < 1.29 is 18.3 Å². The molecular formula is C26H25F2N3O2. The van der Waals surface area contributed by atoms with E-state index in [1.54, 1.807) is 6.07 Å². The second-order valence-electron chi connectivity index (χ2n) is 8.17. The van der Waals surface area contributed by atoms with E-state index in [1.165, 1.54) is 11.1 Å². The number of rotatable bonds is 6. The van der Waals surface area contributed by atoms with Crippen LogP contribution >= 0.6 is 0 Å². The number of nitrogens with zero attached hydrogens (tertiary/aromatic N) is 2. The molecule has 0 fully saturated rings. The van der Waals surface area contributed by atoms with E-state index in [-0.39, 0.29) is 17.8 Å². The Labute approximate surface area is 191 Å². The van der Waals surface area contributed by atoms with Gasteiger partial charge in [-0.05, 0) is 55.7 Å². The molecule has 1 aromatic heterocycles. The van der Waals surface area contributed by atoms with Gasteiger partial charge in [-0.3, -0.25) is 0 Å². The van der Waals surface area contributed by atoms with E-state index < -0.39 is 6.61 Å². The van der Waals surface area contributed by atoms with Gasteiger partial charge in [-0.25, -0.2) is 4.98 Å². The van der Waals surface area contributed by atoms with Crippen molar-refractivity contribution in [2.75, 3.05) is 11.9 Å². The highest BCUT2D eigenvalue weighted by Gasteiger charge is 2.31. The van der Waals surface area contributed by atoms with Crippen molar-refractivity contribution in [2.24, 2.45) is 0 Å². The Morgan fingerprint density at radius 2 is 1.88 bits per heavy atom. The Morgan fingerprint density at radius 3 is 2.67 bits per heavy atom. The SMILES string of the molecule is CCOc1cc([C@@H]2C[C@@H](c3cccc(C)c3)Nc3nc4ccccc4n32)ccc1OC(F)F. The quantitative estimate of drug-likeness (QED) is 0.365. The molecule has 0 unspecified atom stereocenters. The van der Waals surface area contributed by atoms with Crippen LogP contribution in [0.15, 0.2) is 66.7 Å². The molecule has 0 spiro atoms. The first-order valence-electron chi connectivity index (χ1n) is 11.0. The molecule has 33 heavy (non-hydrogen) atoms. The fourth-order valence-corrected chi connectivity index (χ4v) is 4.59. The van der Waals surface area contributed by atoms with Gasteiger partial charge in [0.2, 0.25) is 5.95 Å². The number of aryl methyl sites for hydroxylation is 1. The number of hydrogen-bond acceptors (Lipinski definition) is 4. The van der Waals surface area contributed by atoms with Gasteiger partial charge in [0, 0.05) is 0 Å². The summed E-state index contributed by atoms with van der Waals surface area (Å²) in [5.41, 5.74) is 5.23. The van der Waals surface area contributed by atoms with Crippen molar-refractivity contribution in [1.29, 1.82) is 0 Å². The van der Waals surface area contributed by atoms with E-state index in [0.717, 1.165) is 29.0 Å². The number of imidazole rings is 1. The van der Waals surface area contributed by atoms with Gasteiger partial charge in [0.1, 0.15) is 0 Å². The van der Waals surface area contributed by atoms with Crippen LogP contribution < -0.4 is 14.8 Å². The molecule has 1 aliphatic heterocycles. The fraction of sp³-hybridized carbons (Fsp3) is 0.269. The minimum absolute atomic E-state index is 0.0375. The summed E-state index contributed by atoms with van der Waals surface area (Å²) >= 11 is 0. The minimum Gasteiger partial charge on any atom is -0.490 e. The van der Waals surface area contributed by atoms with E-state index >= 15 is 0 Å². The number of para-hydroxylation sites is 2. The lowest BCUT2D eigenvalue weighted by atomic mass is 9.92. The van der Waals surface area contributed by atoms with Gasteiger partial charge in [0.25, 0.3) is 0 Å². The molecule has 1 N–H and O–H groups in total. The number of ether oxygens (including phenoxy) is 2. The second-order valence-corrected chi connectivity index (χ2v) is 8.17. The highest BCUT2D eigenvalue weighted by Crippen LogP contribution is 2.43. The molecule has 0 amide bonds. The van der Waals surface area contributed by atoms with Crippen LogP contribution in [0.25, 0.3) is 11.0 Å². The molecule has 2 heterocycles. The molecule has 1 aliphatic rings. The van der Waals surface area contributed by atoms with Gasteiger partial charge in [0.15, 0.2) is 11.5 Å². The highest BCUT2D eigenvalue weighted by molar-refractivity contribution is 5.79. The molecule has 7 heteroatoms. The van der Waals surface area contributed by atoms with Crippen molar-refractivity contribution >= 4 is 17.0 Å². The van der Waals surface area contributed by atoms with E-state index in [2.05, 4.69) is 45.8 Å². The van der Waals surface area contributed by atoms with Crippen LogP contribution in [-0.4, -0.2) is 22.8 Å². The first kappa shape index (κ1) is 21.2. The third kappa shape index (κ3) is 4.11. The van der Waals surface area contributed by atoms with E-state index in [4.69, 9.17) is 9.72 Å². The summed E-state index contributed by atoms with van der Waals surface area (Å²) in [6, 6.07) is 21.6. The zero-order valence-electron chi connectivity index (χ0n) is 18.5. The molecule has 4 aromatic rings. The van der Waals surface area contributed by atoms with Crippen molar-refractivity contribution in [3.8, 4) is 11.5 Å². The fourth-order valence-electron chi connectivity index (χ4n) is 4.59. The molecule has 0 aliphatic carbocycles. The first-order valence-corrected chi connectivity index (χ1v) is 11.0. The number of hydrogen-bond donors (Lipinski definition) is 1. The predicted octanol–water partition coefficient (Wildman–Crippen LogP) is 6.49. The number of aromatic nitrogens is 2. The van der Waals surface area contributed by atoms with Gasteiger partial charge < -0.3 is 19.4 Å². The van der Waals surface area contributed by atoms with Crippen LogP contribution in [0.5, 0.6) is 11.5 Å². The number of halogens is 2. The topological polar surface area (TPSA) is 48.3 Å². The number of alkyl halides is 2. The molecule has 5 rings (SSSR count). The lowest BCUT2D eigenvalue weighted by Crippen LogP contribution is -2.27. The Kier molecular flexibility index (Phi) is 5.62. The van der Waals surface area contributed by atoms with Crippen LogP contribution in [0, 0.1) is 6.92 Å². The Hall–Kier alpha value is -3.61. The molecule has 5 nitrogen and oxygen atoms in total. The molecule has 2 atom stereocenters. The van der Waals surface area contributed by atoms with Crippen molar-refractivity contribution in [3.63, 3.8) is 0 Å². The molecule has 3 aromatic carbocycles. The minimum atomic E-state index is -2.91. The molecule has 0 radical (unpaired) electrons. The summed E-state index contributed by atoms with van der Waals surface area (Å²) in [5, 5.41) is 3.60. The lowest BCUT2D eigenvalue weighted by molar-refractivity contribution is -0.0514. The maximum atomic E-state index is 12.9. The first-order chi connectivity index (χ1) is 16.0. The van der Waals surface area contributed by atoms with Gasteiger partial charge in [-0.15, -0.1) is 0 Å². The van der Waals surface area contributed by atoms with Crippen LogP contribution in [-0.2, 0) is 0 Å². The summed E-state index contributed by atoms with van der Waals surface area (Å²) < 4.78 is 38.3. The Morgan fingerprint density at radius 1 is 1.03 bits per heavy atom. The normalized spacial score (nSPS) is 17.6. The summed E-state index contributed by atoms with van der Waals surface area (Å²) in [6.45, 7) is 1.33. The maximum Gasteiger partial charge on any atom is 0.387 e. The predicted molar refractivity (Wildman–Crippen MR) is 124 cm³/mol. The molecule has 170 valence electrons. The number of anilines is 1. The van der Waals surface area contributed by atoms with Crippen LogP contribution in [0.4, 0.5) is 14.7 Å². The molecule has 0 bridgehead atoms. The van der Waals surface area contributed by atoms with Crippen molar-refractivity contribution in [3.05, 3.63) is 83.4 Å². The highest BCUT2D eigenvalue weighted by atomic mass is 19.3. The van der Waals surface area contributed by atoms with Gasteiger partial charge in [-0.1, -0.05) is 48.0 Å². The Bertz CT molecular complexity index is 1290. The average Bonchev–Trinajstić information content (AvgIpc) is 3.18. The van der Waals surface area contributed by atoms with Crippen molar-refractivity contribution in [2.45, 2.75) is 39.0 Å². The van der Waals surface area contributed by atoms with Gasteiger partial charge in [0.05, 0.1) is 29.7 Å². The smallest absolute Gasteiger partial charge is 0.387 e. The number of nitrogens with one attached hydrogen (secondary N) is 1. The van der Waals surface area contributed by atoms with Crippen LogP contribution in [0.1, 0.15) is 42.1 Å². The number of fused-ring (bicyclic) bond motifs is 3. The summed E-state index contributed by atoms with van der Waals surface area (Å²) in [6.07, 6.45) is 0.761. The van der Waals surface area contributed by atoms with E-state index in [9.17, 15) is 8.78 Å². The average molecular weight is 450 g/mol. The molecule has 0 saturated heterocycles.